The van der Waals surface area contributed by atoms with Crippen LogP contribution in [0.1, 0.15) is 32.4 Å². The fourth-order valence-electron chi connectivity index (χ4n) is 2.64. The summed E-state index contributed by atoms with van der Waals surface area (Å²) in [6.07, 6.45) is 6.77. The van der Waals surface area contributed by atoms with E-state index in [9.17, 15) is 0 Å². The quantitative estimate of drug-likeness (QED) is 0.764. The third-order valence-electron chi connectivity index (χ3n) is 3.19. The van der Waals surface area contributed by atoms with E-state index < -0.39 is 0 Å². The highest BCUT2D eigenvalue weighted by atomic mass is 15.1. The van der Waals surface area contributed by atoms with Crippen LogP contribution in [0.25, 0.3) is 0 Å². The smallest absolute Gasteiger partial charge is 0.0490 e. The Bertz CT molecular complexity index is 340. The zero-order valence-electron chi connectivity index (χ0n) is 10.2. The van der Waals surface area contributed by atoms with E-state index in [0.29, 0.717) is 0 Å². The number of nitrogens with one attached hydrogen (secondary N) is 2. The van der Waals surface area contributed by atoms with Gasteiger partial charge in [-0.25, -0.2) is 0 Å². The lowest BCUT2D eigenvalue weighted by Crippen LogP contribution is -2.26. The second-order valence-electron chi connectivity index (χ2n) is 5.01. The average Bonchev–Trinajstić information content (AvgIpc) is 2.69. The standard InChI is InChI=1S/C13H21N3/c1-10-5-11(2)7-12(6-10)8-14-9-13-3-4-15-16-13/h3-5,10,12,14H,6-9H2,1-2H3,(H,15,16). The molecule has 2 rings (SSSR count). The molecule has 0 aromatic carbocycles. The van der Waals surface area contributed by atoms with E-state index in [0.717, 1.165) is 30.6 Å². The van der Waals surface area contributed by atoms with Crippen molar-refractivity contribution >= 4 is 0 Å². The monoisotopic (exact) mass is 219 g/mol. The van der Waals surface area contributed by atoms with Crippen molar-refractivity contribution < 1.29 is 0 Å². The van der Waals surface area contributed by atoms with Crippen LogP contribution in [0.15, 0.2) is 23.9 Å². The molecular weight excluding hydrogens is 198 g/mol. The minimum Gasteiger partial charge on any atom is -0.311 e. The zero-order chi connectivity index (χ0) is 11.4. The molecule has 1 aliphatic carbocycles. The van der Waals surface area contributed by atoms with Gasteiger partial charge in [-0.1, -0.05) is 18.6 Å². The van der Waals surface area contributed by atoms with Crippen molar-refractivity contribution in [3.63, 3.8) is 0 Å². The topological polar surface area (TPSA) is 40.7 Å². The van der Waals surface area contributed by atoms with Gasteiger partial charge in [-0.3, -0.25) is 5.10 Å². The van der Waals surface area contributed by atoms with E-state index >= 15 is 0 Å². The summed E-state index contributed by atoms with van der Waals surface area (Å²) in [5.74, 6) is 1.54. The molecule has 1 heterocycles. The van der Waals surface area contributed by atoms with E-state index in [-0.39, 0.29) is 0 Å². The SMILES string of the molecule is CC1=CC(C)CC(CNCc2ccn[nH]2)C1. The van der Waals surface area contributed by atoms with Gasteiger partial charge in [-0.2, -0.15) is 5.10 Å². The van der Waals surface area contributed by atoms with Gasteiger partial charge in [0.25, 0.3) is 0 Å². The summed E-state index contributed by atoms with van der Waals surface area (Å²) in [6, 6.07) is 2.02. The van der Waals surface area contributed by atoms with Gasteiger partial charge < -0.3 is 5.32 Å². The van der Waals surface area contributed by atoms with E-state index in [2.05, 4.69) is 35.4 Å². The number of aromatic amines is 1. The summed E-state index contributed by atoms with van der Waals surface area (Å²) in [5, 5.41) is 10.4. The number of rotatable bonds is 4. The second-order valence-corrected chi connectivity index (χ2v) is 5.01. The Hall–Kier alpha value is -1.09. The van der Waals surface area contributed by atoms with Gasteiger partial charge in [0.2, 0.25) is 0 Å². The van der Waals surface area contributed by atoms with E-state index in [1.54, 1.807) is 11.8 Å². The maximum absolute atomic E-state index is 3.94. The van der Waals surface area contributed by atoms with Crippen molar-refractivity contribution in [2.24, 2.45) is 11.8 Å². The highest BCUT2D eigenvalue weighted by molar-refractivity contribution is 5.06. The minimum absolute atomic E-state index is 0.743. The molecule has 0 radical (unpaired) electrons. The van der Waals surface area contributed by atoms with E-state index in [1.165, 1.54) is 12.8 Å². The Morgan fingerprint density at radius 3 is 3.12 bits per heavy atom. The summed E-state index contributed by atoms with van der Waals surface area (Å²) < 4.78 is 0. The predicted molar refractivity (Wildman–Crippen MR) is 65.9 cm³/mol. The molecule has 1 aromatic heterocycles. The van der Waals surface area contributed by atoms with Gasteiger partial charge in [-0.05, 0) is 44.2 Å². The summed E-state index contributed by atoms with van der Waals surface area (Å²) in [5.41, 5.74) is 2.71. The third kappa shape index (κ3) is 3.20. The average molecular weight is 219 g/mol. The van der Waals surface area contributed by atoms with Gasteiger partial charge in [0.15, 0.2) is 0 Å². The Kier molecular flexibility index (Phi) is 3.78. The first kappa shape index (κ1) is 11.4. The molecular formula is C13H21N3. The zero-order valence-corrected chi connectivity index (χ0v) is 10.2. The fourth-order valence-corrected chi connectivity index (χ4v) is 2.64. The first-order valence-electron chi connectivity index (χ1n) is 6.10. The molecule has 0 fully saturated rings. The van der Waals surface area contributed by atoms with Crippen molar-refractivity contribution in [1.82, 2.24) is 15.5 Å². The van der Waals surface area contributed by atoms with E-state index in [1.807, 2.05) is 6.07 Å². The van der Waals surface area contributed by atoms with Crippen LogP contribution in [0.3, 0.4) is 0 Å². The van der Waals surface area contributed by atoms with Gasteiger partial charge in [0.05, 0.1) is 0 Å². The maximum Gasteiger partial charge on any atom is 0.0490 e. The Morgan fingerprint density at radius 1 is 1.56 bits per heavy atom. The molecule has 0 saturated heterocycles. The lowest BCUT2D eigenvalue weighted by atomic mass is 9.84. The minimum atomic E-state index is 0.743. The summed E-state index contributed by atoms with van der Waals surface area (Å²) in [7, 11) is 0. The third-order valence-corrected chi connectivity index (χ3v) is 3.19. The second kappa shape index (κ2) is 5.30. The molecule has 0 bridgehead atoms. The number of hydrogen-bond acceptors (Lipinski definition) is 2. The number of aromatic nitrogens is 2. The number of nitrogens with zero attached hydrogens (tertiary/aromatic N) is 1. The van der Waals surface area contributed by atoms with Crippen LogP contribution in [-0.2, 0) is 6.54 Å². The number of allylic oxidation sites excluding steroid dienone is 2. The maximum atomic E-state index is 3.94. The normalized spacial score (nSPS) is 25.5. The summed E-state index contributed by atoms with van der Waals surface area (Å²) in [6.45, 7) is 6.56. The van der Waals surface area contributed by atoms with Crippen LogP contribution in [0, 0.1) is 11.8 Å². The fraction of sp³-hybridized carbons (Fsp3) is 0.615. The number of H-pyrrole nitrogens is 1. The summed E-state index contributed by atoms with van der Waals surface area (Å²) in [4.78, 5) is 0. The van der Waals surface area contributed by atoms with Crippen molar-refractivity contribution in [3.8, 4) is 0 Å². The van der Waals surface area contributed by atoms with Gasteiger partial charge in [0, 0.05) is 18.4 Å². The molecule has 2 N–H and O–H groups in total. The molecule has 1 aromatic rings. The molecule has 2 unspecified atom stereocenters. The van der Waals surface area contributed by atoms with Crippen LogP contribution < -0.4 is 5.32 Å². The molecule has 0 amide bonds. The van der Waals surface area contributed by atoms with Gasteiger partial charge in [0.1, 0.15) is 0 Å². The molecule has 0 saturated carbocycles. The Balaban J connectivity index is 1.73. The first-order valence-corrected chi connectivity index (χ1v) is 6.10. The summed E-state index contributed by atoms with van der Waals surface area (Å²) >= 11 is 0. The number of hydrogen-bond donors (Lipinski definition) is 2. The predicted octanol–water partition coefficient (Wildman–Crippen LogP) is 2.49. The highest BCUT2D eigenvalue weighted by Gasteiger charge is 2.17. The van der Waals surface area contributed by atoms with Gasteiger partial charge in [-0.15, -0.1) is 0 Å². The molecule has 1 aliphatic rings. The van der Waals surface area contributed by atoms with Crippen molar-refractivity contribution in [3.05, 3.63) is 29.6 Å². The molecule has 0 spiro atoms. The lowest BCUT2D eigenvalue weighted by molar-refractivity contribution is 0.380. The molecule has 0 aliphatic heterocycles. The first-order chi connectivity index (χ1) is 7.74. The van der Waals surface area contributed by atoms with Crippen LogP contribution in [-0.4, -0.2) is 16.7 Å². The van der Waals surface area contributed by atoms with Crippen molar-refractivity contribution in [1.29, 1.82) is 0 Å². The molecule has 3 heteroatoms. The highest BCUT2D eigenvalue weighted by Crippen LogP contribution is 2.27. The van der Waals surface area contributed by atoms with Crippen molar-refractivity contribution in [2.45, 2.75) is 33.2 Å². The Labute approximate surface area is 97.3 Å². The van der Waals surface area contributed by atoms with Crippen LogP contribution in [0.2, 0.25) is 0 Å². The van der Waals surface area contributed by atoms with Crippen LogP contribution in [0.5, 0.6) is 0 Å². The molecule has 16 heavy (non-hydrogen) atoms. The molecule has 3 nitrogen and oxygen atoms in total. The van der Waals surface area contributed by atoms with Crippen molar-refractivity contribution in [2.75, 3.05) is 6.54 Å². The molecule has 2 atom stereocenters. The largest absolute Gasteiger partial charge is 0.311 e. The van der Waals surface area contributed by atoms with Crippen LogP contribution in [0.4, 0.5) is 0 Å². The van der Waals surface area contributed by atoms with E-state index in [4.69, 9.17) is 0 Å². The Morgan fingerprint density at radius 2 is 2.44 bits per heavy atom. The van der Waals surface area contributed by atoms with Gasteiger partial charge >= 0.3 is 0 Å². The van der Waals surface area contributed by atoms with Crippen LogP contribution >= 0.6 is 0 Å². The molecule has 88 valence electrons. The lowest BCUT2D eigenvalue weighted by Gasteiger charge is -2.25.